The average Bonchev–Trinajstić information content (AvgIpc) is 2.88. The van der Waals surface area contributed by atoms with Gasteiger partial charge in [0.15, 0.2) is 0 Å². The molecule has 3 aliphatic rings. The predicted octanol–water partition coefficient (Wildman–Crippen LogP) is 2.48. The Labute approximate surface area is 95.7 Å². The van der Waals surface area contributed by atoms with E-state index in [-0.39, 0.29) is 12.1 Å². The Morgan fingerprint density at radius 1 is 1.25 bits per heavy atom. The van der Waals surface area contributed by atoms with E-state index in [1.54, 1.807) is 6.92 Å². The first-order chi connectivity index (χ1) is 7.66. The zero-order valence-corrected chi connectivity index (χ0v) is 9.43. The second-order valence-electron chi connectivity index (χ2n) is 5.14. The highest BCUT2D eigenvalue weighted by atomic mass is 16.5. The summed E-state index contributed by atoms with van der Waals surface area (Å²) in [5.74, 6) is 2.10. The summed E-state index contributed by atoms with van der Waals surface area (Å²) in [6.45, 7) is 5.31. The first-order valence-electron chi connectivity index (χ1n) is 5.90. The molecule has 5 atom stereocenters. The number of hydrogen-bond donors (Lipinski definition) is 0. The summed E-state index contributed by atoms with van der Waals surface area (Å²) in [6, 6.07) is 0. The molecule has 0 radical (unpaired) electrons. The van der Waals surface area contributed by atoms with E-state index in [0.717, 1.165) is 0 Å². The minimum atomic E-state index is -0.262. The molecule has 0 N–H and O–H groups in total. The number of rotatable bonds is 2. The highest BCUT2D eigenvalue weighted by molar-refractivity contribution is 5.87. The van der Waals surface area contributed by atoms with Gasteiger partial charge in [-0.25, -0.2) is 4.79 Å². The van der Waals surface area contributed by atoms with Crippen molar-refractivity contribution in [2.75, 3.05) is 0 Å². The molecule has 0 aliphatic heterocycles. The number of hydrogen-bond acceptors (Lipinski definition) is 2. The van der Waals surface area contributed by atoms with Crippen molar-refractivity contribution in [1.29, 1.82) is 0 Å². The van der Waals surface area contributed by atoms with Crippen LogP contribution in [0, 0.1) is 23.7 Å². The van der Waals surface area contributed by atoms with Gasteiger partial charge in [-0.05, 0) is 37.2 Å². The maximum Gasteiger partial charge on any atom is 0.333 e. The van der Waals surface area contributed by atoms with Gasteiger partial charge in [0.05, 0.1) is 0 Å². The number of ether oxygens (including phenoxy) is 1. The fraction of sp³-hybridized carbons (Fsp3) is 0.500. The van der Waals surface area contributed by atoms with Crippen LogP contribution in [0.15, 0.2) is 36.5 Å². The lowest BCUT2D eigenvalue weighted by atomic mass is 9.84. The van der Waals surface area contributed by atoms with Crippen molar-refractivity contribution in [3.05, 3.63) is 36.5 Å². The molecule has 84 valence electrons. The summed E-state index contributed by atoms with van der Waals surface area (Å²) in [7, 11) is 0. The van der Waals surface area contributed by atoms with Crippen molar-refractivity contribution in [1.82, 2.24) is 0 Å². The standard InChI is InChI=1S/C14H16O2/c1-8(2)14(15)16-12-6-5-11-9-3-4-10(7-9)13(11)12/h3-6,9-13H,1,7H2,2H3. The number of carbonyl (C=O) groups excluding carboxylic acids is 1. The van der Waals surface area contributed by atoms with Crippen molar-refractivity contribution < 1.29 is 9.53 Å². The molecule has 5 unspecified atom stereocenters. The van der Waals surface area contributed by atoms with Gasteiger partial charge in [-0.1, -0.05) is 24.8 Å². The number of fused-ring (bicyclic) bond motifs is 5. The van der Waals surface area contributed by atoms with Crippen molar-refractivity contribution in [2.45, 2.75) is 19.4 Å². The number of allylic oxidation sites excluding steroid dienone is 3. The van der Waals surface area contributed by atoms with Gasteiger partial charge in [-0.15, -0.1) is 0 Å². The minimum absolute atomic E-state index is 0.0332. The summed E-state index contributed by atoms with van der Waals surface area (Å²) >= 11 is 0. The monoisotopic (exact) mass is 216 g/mol. The van der Waals surface area contributed by atoms with E-state index in [1.807, 2.05) is 0 Å². The van der Waals surface area contributed by atoms with Crippen molar-refractivity contribution in [2.24, 2.45) is 23.7 Å². The second kappa shape index (κ2) is 3.34. The lowest BCUT2D eigenvalue weighted by Gasteiger charge is -2.25. The Balaban J connectivity index is 1.75. The van der Waals surface area contributed by atoms with Crippen LogP contribution >= 0.6 is 0 Å². The quantitative estimate of drug-likeness (QED) is 0.402. The first kappa shape index (κ1) is 9.88. The van der Waals surface area contributed by atoms with E-state index in [9.17, 15) is 4.79 Å². The van der Waals surface area contributed by atoms with Gasteiger partial charge in [0, 0.05) is 11.5 Å². The summed E-state index contributed by atoms with van der Waals surface area (Å²) in [5.41, 5.74) is 0.482. The number of esters is 1. The Morgan fingerprint density at radius 2 is 2.00 bits per heavy atom. The topological polar surface area (TPSA) is 26.3 Å². The Hall–Kier alpha value is -1.31. The van der Waals surface area contributed by atoms with Crippen LogP contribution in [0.5, 0.6) is 0 Å². The summed E-state index contributed by atoms with van der Waals surface area (Å²) in [6.07, 6.45) is 10.1. The van der Waals surface area contributed by atoms with E-state index in [4.69, 9.17) is 4.74 Å². The summed E-state index contributed by atoms with van der Waals surface area (Å²) in [4.78, 5) is 11.5. The van der Waals surface area contributed by atoms with Crippen LogP contribution in [0.4, 0.5) is 0 Å². The molecule has 3 aliphatic carbocycles. The van der Waals surface area contributed by atoms with Crippen LogP contribution < -0.4 is 0 Å². The Bertz CT molecular complexity index is 405. The maximum atomic E-state index is 11.5. The third kappa shape index (κ3) is 1.29. The molecular formula is C14H16O2. The fourth-order valence-corrected chi connectivity index (χ4v) is 3.34. The third-order valence-electron chi connectivity index (χ3n) is 4.08. The zero-order valence-electron chi connectivity index (χ0n) is 9.43. The summed E-state index contributed by atoms with van der Waals surface area (Å²) < 4.78 is 5.48. The predicted molar refractivity (Wildman–Crippen MR) is 61.6 cm³/mol. The molecule has 3 rings (SSSR count). The van der Waals surface area contributed by atoms with Crippen molar-refractivity contribution in [3.8, 4) is 0 Å². The first-order valence-corrected chi connectivity index (χ1v) is 5.90. The maximum absolute atomic E-state index is 11.5. The molecule has 0 aromatic carbocycles. The molecule has 0 saturated heterocycles. The van der Waals surface area contributed by atoms with Crippen LogP contribution in [-0.4, -0.2) is 12.1 Å². The Kier molecular flexibility index (Phi) is 2.06. The SMILES string of the molecule is C=C(C)C(=O)OC1C=CC2C3C=CC(C3)C12. The molecule has 0 amide bonds. The van der Waals surface area contributed by atoms with Gasteiger partial charge < -0.3 is 4.74 Å². The minimum Gasteiger partial charge on any atom is -0.454 e. The molecule has 1 fully saturated rings. The van der Waals surface area contributed by atoms with E-state index >= 15 is 0 Å². The summed E-state index contributed by atoms with van der Waals surface area (Å²) in [5, 5.41) is 0. The molecule has 0 heterocycles. The number of carbonyl (C=O) groups is 1. The molecule has 0 aromatic rings. The van der Waals surface area contributed by atoms with E-state index < -0.39 is 0 Å². The van der Waals surface area contributed by atoms with Crippen LogP contribution in [0.25, 0.3) is 0 Å². The van der Waals surface area contributed by atoms with E-state index in [2.05, 4.69) is 30.9 Å². The van der Waals surface area contributed by atoms with Crippen molar-refractivity contribution in [3.63, 3.8) is 0 Å². The largest absolute Gasteiger partial charge is 0.454 e. The van der Waals surface area contributed by atoms with Crippen molar-refractivity contribution >= 4 is 5.97 Å². The normalized spacial score (nSPS) is 42.4. The van der Waals surface area contributed by atoms with Gasteiger partial charge in [0.1, 0.15) is 6.10 Å². The highest BCUT2D eigenvalue weighted by Crippen LogP contribution is 2.53. The molecular weight excluding hydrogens is 200 g/mol. The molecule has 2 heteroatoms. The molecule has 16 heavy (non-hydrogen) atoms. The fourth-order valence-electron chi connectivity index (χ4n) is 3.34. The van der Waals surface area contributed by atoms with Crippen LogP contribution in [0.2, 0.25) is 0 Å². The molecule has 0 spiro atoms. The molecule has 2 bridgehead atoms. The molecule has 2 nitrogen and oxygen atoms in total. The lowest BCUT2D eigenvalue weighted by molar-refractivity contribution is -0.144. The van der Waals surface area contributed by atoms with Crippen LogP contribution in [0.1, 0.15) is 13.3 Å². The third-order valence-corrected chi connectivity index (χ3v) is 4.08. The molecule has 0 aromatic heterocycles. The van der Waals surface area contributed by atoms with Crippen LogP contribution in [-0.2, 0) is 9.53 Å². The second-order valence-corrected chi connectivity index (χ2v) is 5.14. The smallest absolute Gasteiger partial charge is 0.333 e. The van der Waals surface area contributed by atoms with Gasteiger partial charge in [-0.3, -0.25) is 0 Å². The van der Waals surface area contributed by atoms with Gasteiger partial charge in [0.2, 0.25) is 0 Å². The van der Waals surface area contributed by atoms with Crippen LogP contribution in [0.3, 0.4) is 0 Å². The highest BCUT2D eigenvalue weighted by Gasteiger charge is 2.50. The van der Waals surface area contributed by atoms with Gasteiger partial charge in [-0.2, -0.15) is 0 Å². The molecule has 1 saturated carbocycles. The van der Waals surface area contributed by atoms with Gasteiger partial charge in [0.25, 0.3) is 0 Å². The average molecular weight is 216 g/mol. The van der Waals surface area contributed by atoms with E-state index in [0.29, 0.717) is 29.2 Å². The van der Waals surface area contributed by atoms with Gasteiger partial charge >= 0.3 is 5.97 Å². The van der Waals surface area contributed by atoms with E-state index in [1.165, 1.54) is 6.42 Å². The zero-order chi connectivity index (χ0) is 11.3. The lowest BCUT2D eigenvalue weighted by Crippen LogP contribution is -2.28. The Morgan fingerprint density at radius 3 is 2.75 bits per heavy atom.